The van der Waals surface area contributed by atoms with Crippen LogP contribution in [-0.4, -0.2) is 38.6 Å². The summed E-state index contributed by atoms with van der Waals surface area (Å²) in [5, 5.41) is 20.6. The van der Waals surface area contributed by atoms with Crippen molar-refractivity contribution in [2.75, 3.05) is 5.32 Å². The first kappa shape index (κ1) is 22.8. The van der Waals surface area contributed by atoms with E-state index in [0.29, 0.717) is 34.5 Å². The molecule has 4 N–H and O–H groups in total. The number of aliphatic hydroxyl groups is 1. The number of carbonyl (C=O) groups is 1. The number of fused-ring (bicyclic) bond motifs is 1. The minimum atomic E-state index is -0.913. The first-order valence-corrected chi connectivity index (χ1v) is 12.3. The number of hydrogen-bond acceptors (Lipinski definition) is 7. The Bertz CT molecular complexity index is 1230. The molecule has 34 heavy (non-hydrogen) atoms. The molecule has 7 nitrogen and oxygen atoms in total. The molecule has 5 rings (SSSR count). The number of benzene rings is 2. The van der Waals surface area contributed by atoms with Crippen LogP contribution in [0.2, 0.25) is 0 Å². The Morgan fingerprint density at radius 2 is 1.85 bits per heavy atom. The number of carbonyl (C=O) groups excluding carboxylic acids is 1. The lowest BCUT2D eigenvalue weighted by Gasteiger charge is -2.30. The Hall–Kier alpha value is -3.01. The Balaban J connectivity index is 1.14. The molecule has 176 valence electrons. The summed E-state index contributed by atoms with van der Waals surface area (Å²) in [7, 11) is 0. The van der Waals surface area contributed by atoms with Gasteiger partial charge in [-0.05, 0) is 54.8 Å². The van der Waals surface area contributed by atoms with Crippen molar-refractivity contribution >= 4 is 40.5 Å². The minimum Gasteiger partial charge on any atom is -0.364 e. The number of aliphatic hydroxyl groups excluding tert-OH is 1. The summed E-state index contributed by atoms with van der Waals surface area (Å²) < 4.78 is 14.1. The van der Waals surface area contributed by atoms with Gasteiger partial charge < -0.3 is 21.1 Å². The van der Waals surface area contributed by atoms with E-state index < -0.39 is 5.56 Å². The van der Waals surface area contributed by atoms with Crippen LogP contribution < -0.4 is 16.0 Å². The van der Waals surface area contributed by atoms with E-state index in [9.17, 15) is 14.3 Å². The molecule has 0 bridgehead atoms. The second kappa shape index (κ2) is 10.1. The molecule has 1 unspecified atom stereocenters. The quantitative estimate of drug-likeness (QED) is 0.400. The molecular weight excluding hydrogens is 453 g/mol. The van der Waals surface area contributed by atoms with Crippen molar-refractivity contribution in [3.8, 4) is 0 Å². The number of hydrogen-bond donors (Lipinski definition) is 4. The smallest absolute Gasteiger partial charge is 0.260 e. The van der Waals surface area contributed by atoms with Crippen molar-refractivity contribution in [2.24, 2.45) is 0 Å². The van der Waals surface area contributed by atoms with Gasteiger partial charge in [-0.15, -0.1) is 0 Å². The minimum absolute atomic E-state index is 0.184. The monoisotopic (exact) mass is 479 g/mol. The fourth-order valence-corrected chi connectivity index (χ4v) is 5.26. The molecule has 1 atom stereocenters. The van der Waals surface area contributed by atoms with Gasteiger partial charge >= 0.3 is 0 Å². The molecule has 2 heterocycles. The number of anilines is 1. The van der Waals surface area contributed by atoms with Gasteiger partial charge in [0.25, 0.3) is 5.91 Å². The molecule has 3 aromatic rings. The number of halogens is 1. The van der Waals surface area contributed by atoms with Gasteiger partial charge in [-0.3, -0.25) is 4.79 Å². The summed E-state index contributed by atoms with van der Waals surface area (Å²) >= 11 is 1.06. The van der Waals surface area contributed by atoms with Crippen LogP contribution >= 0.6 is 11.8 Å². The van der Waals surface area contributed by atoms with Gasteiger partial charge in [0.05, 0.1) is 10.6 Å². The van der Waals surface area contributed by atoms with Gasteiger partial charge in [-0.1, -0.05) is 42.1 Å². The molecule has 0 radical (unpaired) electrons. The number of amides is 1. The van der Waals surface area contributed by atoms with Crippen molar-refractivity contribution in [2.45, 2.75) is 49.9 Å². The normalized spacial score (nSPS) is 23.9. The maximum atomic E-state index is 14.1. The number of rotatable bonds is 6. The average molecular weight is 480 g/mol. The maximum absolute atomic E-state index is 14.1. The van der Waals surface area contributed by atoms with Gasteiger partial charge in [0.2, 0.25) is 5.95 Å². The largest absolute Gasteiger partial charge is 0.364 e. The predicted octanol–water partition coefficient (Wildman–Crippen LogP) is 3.76. The van der Waals surface area contributed by atoms with E-state index in [-0.39, 0.29) is 17.8 Å². The first-order valence-electron chi connectivity index (χ1n) is 11.4. The highest BCUT2D eigenvalue weighted by Gasteiger charge is 2.25. The van der Waals surface area contributed by atoms with Gasteiger partial charge in [0.15, 0.2) is 5.56 Å². The van der Waals surface area contributed by atoms with E-state index in [1.165, 1.54) is 0 Å². The predicted molar refractivity (Wildman–Crippen MR) is 132 cm³/mol. The van der Waals surface area contributed by atoms with E-state index in [0.717, 1.165) is 48.4 Å². The number of nitrogens with zero attached hydrogens (tertiary/aromatic N) is 2. The van der Waals surface area contributed by atoms with Crippen molar-refractivity contribution in [3.63, 3.8) is 0 Å². The zero-order valence-corrected chi connectivity index (χ0v) is 19.3. The van der Waals surface area contributed by atoms with Crippen LogP contribution in [0.15, 0.2) is 53.6 Å². The standard InChI is InChI=1S/C25H26FN5O2S/c26-21-10-5-15(19-3-1-2-4-20(19)21)14-28-16-6-8-17(9-7-16)29-24-27-12-11-18(30-24)13-22-23(32)31-25(33)34-22/h1-5,10-13,16-17,25,28,33H,6-9,14H2,(H,31,32)(H,27,29,30)/b22-13-/t16-,17-,25?. The molecule has 1 aliphatic heterocycles. The van der Waals surface area contributed by atoms with Gasteiger partial charge in [0.1, 0.15) is 5.82 Å². The number of thioether (sulfide) groups is 1. The maximum Gasteiger partial charge on any atom is 0.260 e. The summed E-state index contributed by atoms with van der Waals surface area (Å²) in [4.78, 5) is 21.1. The number of aromatic nitrogens is 2. The summed E-state index contributed by atoms with van der Waals surface area (Å²) in [6, 6.07) is 13.4. The van der Waals surface area contributed by atoms with Gasteiger partial charge in [-0.2, -0.15) is 0 Å². The van der Waals surface area contributed by atoms with E-state index in [1.54, 1.807) is 24.4 Å². The Morgan fingerprint density at radius 1 is 1.09 bits per heavy atom. The summed E-state index contributed by atoms with van der Waals surface area (Å²) in [5.74, 6) is 0.0499. The SMILES string of the molecule is O=C1NC(O)S/C1=C\c1ccnc(N[C@H]2CC[C@H](NCc3ccc(F)c4ccccc34)CC2)n1. The summed E-state index contributed by atoms with van der Waals surface area (Å²) in [6.45, 7) is 0.712. The zero-order valence-electron chi connectivity index (χ0n) is 18.5. The molecule has 1 amide bonds. The Morgan fingerprint density at radius 3 is 2.62 bits per heavy atom. The van der Waals surface area contributed by atoms with Crippen LogP contribution in [0.4, 0.5) is 10.3 Å². The third-order valence-corrected chi connectivity index (χ3v) is 7.17. The summed E-state index contributed by atoms with van der Waals surface area (Å²) in [6.07, 6.45) is 7.34. The highest BCUT2D eigenvalue weighted by atomic mass is 32.2. The van der Waals surface area contributed by atoms with Crippen LogP contribution in [0.3, 0.4) is 0 Å². The van der Waals surface area contributed by atoms with Crippen LogP contribution in [0.1, 0.15) is 36.9 Å². The molecule has 0 spiro atoms. The fourth-order valence-electron chi connectivity index (χ4n) is 4.50. The van der Waals surface area contributed by atoms with E-state index in [1.807, 2.05) is 30.3 Å². The lowest BCUT2D eigenvalue weighted by atomic mass is 9.91. The van der Waals surface area contributed by atoms with Gasteiger partial charge in [0, 0.05) is 30.2 Å². The average Bonchev–Trinajstić information content (AvgIpc) is 3.16. The lowest BCUT2D eigenvalue weighted by Crippen LogP contribution is -2.37. The third kappa shape index (κ3) is 5.22. The first-order chi connectivity index (χ1) is 16.5. The van der Waals surface area contributed by atoms with Crippen molar-refractivity contribution in [3.05, 3.63) is 70.6 Å². The fraction of sp³-hybridized carbons (Fsp3) is 0.320. The second-order valence-corrected chi connectivity index (χ2v) is 9.71. The molecule has 2 aliphatic rings. The molecular formula is C25H26FN5O2S. The summed E-state index contributed by atoms with van der Waals surface area (Å²) in [5.41, 5.74) is 0.813. The molecule has 9 heteroatoms. The molecule has 2 fully saturated rings. The van der Waals surface area contributed by atoms with Crippen molar-refractivity contribution in [1.82, 2.24) is 20.6 Å². The molecule has 1 aromatic heterocycles. The van der Waals surface area contributed by atoms with Crippen LogP contribution in [-0.2, 0) is 11.3 Å². The highest BCUT2D eigenvalue weighted by Crippen LogP contribution is 2.28. The lowest BCUT2D eigenvalue weighted by molar-refractivity contribution is -0.117. The van der Waals surface area contributed by atoms with E-state index >= 15 is 0 Å². The number of nitrogens with one attached hydrogen (secondary N) is 3. The van der Waals surface area contributed by atoms with Crippen molar-refractivity contribution in [1.29, 1.82) is 0 Å². The van der Waals surface area contributed by atoms with E-state index in [4.69, 9.17) is 0 Å². The van der Waals surface area contributed by atoms with Gasteiger partial charge in [-0.25, -0.2) is 14.4 Å². The highest BCUT2D eigenvalue weighted by molar-refractivity contribution is 8.05. The Kier molecular flexibility index (Phi) is 6.75. The third-order valence-electron chi connectivity index (χ3n) is 6.28. The molecule has 2 aromatic carbocycles. The Labute approximate surface area is 201 Å². The molecule has 1 aliphatic carbocycles. The molecule has 1 saturated heterocycles. The van der Waals surface area contributed by atoms with Crippen LogP contribution in [0.5, 0.6) is 0 Å². The second-order valence-electron chi connectivity index (χ2n) is 8.58. The molecule has 1 saturated carbocycles. The van der Waals surface area contributed by atoms with E-state index in [2.05, 4.69) is 25.9 Å². The van der Waals surface area contributed by atoms with Crippen LogP contribution in [0.25, 0.3) is 16.8 Å². The van der Waals surface area contributed by atoms with Crippen molar-refractivity contribution < 1.29 is 14.3 Å². The topological polar surface area (TPSA) is 99.2 Å². The zero-order chi connectivity index (χ0) is 23.5. The van der Waals surface area contributed by atoms with Crippen LogP contribution in [0, 0.1) is 5.82 Å².